The SMILES string of the molecule is Cc1ccccc1C1C(C#N)=C(C2CCNCC2)Nc2n[nH]cc21. The van der Waals surface area contributed by atoms with Crippen LogP contribution in [-0.4, -0.2) is 23.3 Å². The molecule has 5 nitrogen and oxygen atoms in total. The molecule has 1 saturated heterocycles. The number of nitrogens with one attached hydrogen (secondary N) is 3. The van der Waals surface area contributed by atoms with Crippen molar-refractivity contribution < 1.29 is 0 Å². The van der Waals surface area contributed by atoms with E-state index in [9.17, 15) is 5.26 Å². The van der Waals surface area contributed by atoms with E-state index in [-0.39, 0.29) is 5.92 Å². The third-order valence-corrected chi connectivity index (χ3v) is 5.18. The summed E-state index contributed by atoms with van der Waals surface area (Å²) in [7, 11) is 0. The molecule has 0 aliphatic carbocycles. The molecule has 0 spiro atoms. The monoisotopic (exact) mass is 319 g/mol. The highest BCUT2D eigenvalue weighted by atomic mass is 15.2. The predicted molar refractivity (Wildman–Crippen MR) is 93.5 cm³/mol. The summed E-state index contributed by atoms with van der Waals surface area (Å²) in [5.74, 6) is 1.20. The van der Waals surface area contributed by atoms with Gasteiger partial charge in [0.15, 0.2) is 5.82 Å². The average Bonchev–Trinajstić information content (AvgIpc) is 3.10. The Hall–Kier alpha value is -2.58. The van der Waals surface area contributed by atoms with Gasteiger partial charge >= 0.3 is 0 Å². The summed E-state index contributed by atoms with van der Waals surface area (Å²) < 4.78 is 0. The normalized spacial score (nSPS) is 21.1. The number of aromatic nitrogens is 2. The Bertz CT molecular complexity index is 820. The maximum absolute atomic E-state index is 9.98. The van der Waals surface area contributed by atoms with Gasteiger partial charge in [-0.25, -0.2) is 0 Å². The first kappa shape index (κ1) is 15.0. The lowest BCUT2D eigenvalue weighted by molar-refractivity contribution is 0.418. The first-order chi connectivity index (χ1) is 11.8. The number of H-pyrrole nitrogens is 1. The molecule has 1 atom stereocenters. The number of nitriles is 1. The van der Waals surface area contributed by atoms with Crippen molar-refractivity contribution in [3.05, 3.63) is 58.4 Å². The molecule has 1 aromatic carbocycles. The maximum Gasteiger partial charge on any atom is 0.156 e. The largest absolute Gasteiger partial charge is 0.341 e. The van der Waals surface area contributed by atoms with Gasteiger partial charge in [0, 0.05) is 23.4 Å². The number of rotatable bonds is 2. The number of aryl methyl sites for hydroxylation is 1. The number of aromatic amines is 1. The Balaban J connectivity index is 1.87. The minimum absolute atomic E-state index is 0.0453. The fraction of sp³-hybridized carbons (Fsp3) is 0.368. The molecule has 3 heterocycles. The molecule has 0 amide bonds. The third-order valence-electron chi connectivity index (χ3n) is 5.18. The van der Waals surface area contributed by atoms with Gasteiger partial charge in [-0.05, 0) is 44.0 Å². The van der Waals surface area contributed by atoms with E-state index >= 15 is 0 Å². The van der Waals surface area contributed by atoms with E-state index in [1.165, 1.54) is 11.1 Å². The summed E-state index contributed by atoms with van der Waals surface area (Å²) in [4.78, 5) is 0. The Morgan fingerprint density at radius 2 is 1.96 bits per heavy atom. The highest BCUT2D eigenvalue weighted by molar-refractivity contribution is 5.65. The second-order valence-corrected chi connectivity index (χ2v) is 6.57. The number of hydrogen-bond acceptors (Lipinski definition) is 4. The highest BCUT2D eigenvalue weighted by Crippen LogP contribution is 2.44. The lowest BCUT2D eigenvalue weighted by Crippen LogP contribution is -2.32. The molecule has 0 saturated carbocycles. The van der Waals surface area contributed by atoms with E-state index in [0.29, 0.717) is 5.92 Å². The van der Waals surface area contributed by atoms with Gasteiger partial charge in [0.25, 0.3) is 0 Å². The van der Waals surface area contributed by atoms with Crippen molar-refractivity contribution in [2.45, 2.75) is 25.7 Å². The molecule has 24 heavy (non-hydrogen) atoms. The first-order valence-electron chi connectivity index (χ1n) is 8.50. The van der Waals surface area contributed by atoms with Crippen LogP contribution >= 0.6 is 0 Å². The van der Waals surface area contributed by atoms with E-state index in [1.54, 1.807) is 0 Å². The standard InChI is InChI=1S/C19H21N5/c1-12-4-2-3-5-14(12)17-15(10-20)18(13-6-8-21-9-7-13)23-19-16(17)11-22-24-19/h2-5,11,13,17,21H,6-9H2,1H3,(H2,22,23,24). The van der Waals surface area contributed by atoms with Crippen LogP contribution in [0.4, 0.5) is 5.82 Å². The van der Waals surface area contributed by atoms with E-state index in [1.807, 2.05) is 18.3 Å². The summed E-state index contributed by atoms with van der Waals surface area (Å²) in [6.45, 7) is 4.10. The van der Waals surface area contributed by atoms with E-state index in [4.69, 9.17) is 0 Å². The number of benzene rings is 1. The zero-order valence-electron chi connectivity index (χ0n) is 13.8. The lowest BCUT2D eigenvalue weighted by Gasteiger charge is -2.33. The summed E-state index contributed by atoms with van der Waals surface area (Å²) in [6.07, 6.45) is 4.01. The van der Waals surface area contributed by atoms with Crippen molar-refractivity contribution in [2.75, 3.05) is 18.4 Å². The van der Waals surface area contributed by atoms with Gasteiger partial charge in [0.1, 0.15) is 0 Å². The Kier molecular flexibility index (Phi) is 3.83. The van der Waals surface area contributed by atoms with Crippen LogP contribution in [0.25, 0.3) is 0 Å². The second kappa shape index (κ2) is 6.14. The second-order valence-electron chi connectivity index (χ2n) is 6.57. The zero-order valence-corrected chi connectivity index (χ0v) is 13.8. The minimum atomic E-state index is -0.0453. The number of fused-ring (bicyclic) bond motifs is 1. The third kappa shape index (κ3) is 2.40. The number of piperidine rings is 1. The zero-order chi connectivity index (χ0) is 16.5. The Labute approximate surface area is 141 Å². The molecule has 122 valence electrons. The van der Waals surface area contributed by atoms with Crippen LogP contribution in [-0.2, 0) is 0 Å². The predicted octanol–water partition coefficient (Wildman–Crippen LogP) is 3.05. The van der Waals surface area contributed by atoms with Crippen LogP contribution in [0.1, 0.15) is 35.4 Å². The Morgan fingerprint density at radius 1 is 1.17 bits per heavy atom. The summed E-state index contributed by atoms with van der Waals surface area (Å²) >= 11 is 0. The Morgan fingerprint density at radius 3 is 2.71 bits per heavy atom. The van der Waals surface area contributed by atoms with Gasteiger partial charge in [0.05, 0.1) is 17.6 Å². The van der Waals surface area contributed by atoms with Crippen LogP contribution in [0.15, 0.2) is 41.7 Å². The fourth-order valence-electron chi connectivity index (χ4n) is 3.92. The molecular formula is C19H21N5. The van der Waals surface area contributed by atoms with Gasteiger partial charge in [-0.1, -0.05) is 24.3 Å². The lowest BCUT2D eigenvalue weighted by atomic mass is 9.78. The van der Waals surface area contributed by atoms with Crippen molar-refractivity contribution in [2.24, 2.45) is 5.92 Å². The molecule has 3 N–H and O–H groups in total. The van der Waals surface area contributed by atoms with Crippen LogP contribution in [0.3, 0.4) is 0 Å². The topological polar surface area (TPSA) is 76.5 Å². The van der Waals surface area contributed by atoms with E-state index < -0.39 is 0 Å². The molecule has 2 aromatic rings. The van der Waals surface area contributed by atoms with Crippen molar-refractivity contribution in [3.63, 3.8) is 0 Å². The minimum Gasteiger partial charge on any atom is -0.341 e. The van der Waals surface area contributed by atoms with E-state index in [2.05, 4.69) is 46.0 Å². The molecule has 0 bridgehead atoms. The maximum atomic E-state index is 9.98. The van der Waals surface area contributed by atoms with Crippen LogP contribution in [0, 0.1) is 24.2 Å². The molecular weight excluding hydrogens is 298 g/mol. The van der Waals surface area contributed by atoms with Crippen molar-refractivity contribution in [1.82, 2.24) is 15.5 Å². The summed E-state index contributed by atoms with van der Waals surface area (Å²) in [6, 6.07) is 10.8. The molecule has 0 radical (unpaired) electrons. The van der Waals surface area contributed by atoms with Crippen LogP contribution < -0.4 is 10.6 Å². The van der Waals surface area contributed by atoms with Crippen molar-refractivity contribution in [1.29, 1.82) is 5.26 Å². The summed E-state index contributed by atoms with van der Waals surface area (Å²) in [5, 5.41) is 24.2. The van der Waals surface area contributed by atoms with Crippen molar-refractivity contribution >= 4 is 5.82 Å². The molecule has 1 aromatic heterocycles. The number of nitrogens with zero attached hydrogens (tertiary/aromatic N) is 2. The van der Waals surface area contributed by atoms with Crippen LogP contribution in [0.5, 0.6) is 0 Å². The van der Waals surface area contributed by atoms with Gasteiger partial charge in [-0.3, -0.25) is 5.10 Å². The van der Waals surface area contributed by atoms with Gasteiger partial charge in [-0.2, -0.15) is 10.4 Å². The first-order valence-corrected chi connectivity index (χ1v) is 8.50. The fourth-order valence-corrected chi connectivity index (χ4v) is 3.92. The van der Waals surface area contributed by atoms with Crippen molar-refractivity contribution in [3.8, 4) is 6.07 Å². The van der Waals surface area contributed by atoms with Crippen LogP contribution in [0.2, 0.25) is 0 Å². The molecule has 4 rings (SSSR count). The van der Waals surface area contributed by atoms with Gasteiger partial charge in [-0.15, -0.1) is 0 Å². The summed E-state index contributed by atoms with van der Waals surface area (Å²) in [5.41, 5.74) is 5.34. The highest BCUT2D eigenvalue weighted by Gasteiger charge is 2.34. The molecule has 1 fully saturated rings. The quantitative estimate of drug-likeness (QED) is 0.795. The van der Waals surface area contributed by atoms with Gasteiger partial charge in [0.2, 0.25) is 0 Å². The smallest absolute Gasteiger partial charge is 0.156 e. The molecule has 1 unspecified atom stereocenters. The number of hydrogen-bond donors (Lipinski definition) is 3. The molecule has 2 aliphatic rings. The average molecular weight is 319 g/mol. The van der Waals surface area contributed by atoms with Gasteiger partial charge < -0.3 is 10.6 Å². The number of allylic oxidation sites excluding steroid dienone is 2. The van der Waals surface area contributed by atoms with E-state index in [0.717, 1.165) is 48.6 Å². The molecule has 2 aliphatic heterocycles. The molecule has 5 heteroatoms. The number of anilines is 1.